The summed E-state index contributed by atoms with van der Waals surface area (Å²) in [6.07, 6.45) is 3.69. The SMILES string of the molecule is Fc1cnccc1C1=C(Nc2ccccc2)CCN1. The molecule has 2 aromatic rings. The van der Waals surface area contributed by atoms with E-state index in [1.807, 2.05) is 30.3 Å². The molecule has 1 aliphatic heterocycles. The van der Waals surface area contributed by atoms with E-state index in [1.165, 1.54) is 6.20 Å². The number of nitrogens with one attached hydrogen (secondary N) is 2. The van der Waals surface area contributed by atoms with Crippen LogP contribution in [0.2, 0.25) is 0 Å². The molecule has 0 unspecified atom stereocenters. The van der Waals surface area contributed by atoms with Crippen molar-refractivity contribution in [2.75, 3.05) is 11.9 Å². The van der Waals surface area contributed by atoms with Gasteiger partial charge in [0.05, 0.1) is 11.9 Å². The third-order valence-corrected chi connectivity index (χ3v) is 3.09. The predicted molar refractivity (Wildman–Crippen MR) is 73.8 cm³/mol. The number of halogens is 1. The quantitative estimate of drug-likeness (QED) is 0.885. The zero-order chi connectivity index (χ0) is 13.1. The van der Waals surface area contributed by atoms with E-state index in [-0.39, 0.29) is 5.82 Å². The van der Waals surface area contributed by atoms with Crippen molar-refractivity contribution >= 4 is 11.4 Å². The zero-order valence-corrected chi connectivity index (χ0v) is 10.4. The van der Waals surface area contributed by atoms with E-state index in [4.69, 9.17) is 0 Å². The van der Waals surface area contributed by atoms with E-state index in [2.05, 4.69) is 15.6 Å². The summed E-state index contributed by atoms with van der Waals surface area (Å²) in [5, 5.41) is 6.58. The lowest BCUT2D eigenvalue weighted by Gasteiger charge is -2.11. The van der Waals surface area contributed by atoms with Gasteiger partial charge in [-0.2, -0.15) is 0 Å². The van der Waals surface area contributed by atoms with Gasteiger partial charge in [0.25, 0.3) is 0 Å². The van der Waals surface area contributed by atoms with Gasteiger partial charge in [0.2, 0.25) is 0 Å². The molecule has 4 heteroatoms. The van der Waals surface area contributed by atoms with Crippen LogP contribution in [-0.4, -0.2) is 11.5 Å². The number of hydrogen-bond acceptors (Lipinski definition) is 3. The van der Waals surface area contributed by atoms with Crippen LogP contribution in [0.15, 0.2) is 54.5 Å². The average molecular weight is 255 g/mol. The largest absolute Gasteiger partial charge is 0.383 e. The number of para-hydroxylation sites is 1. The zero-order valence-electron chi connectivity index (χ0n) is 10.4. The van der Waals surface area contributed by atoms with Gasteiger partial charge in [0.15, 0.2) is 5.82 Å². The lowest BCUT2D eigenvalue weighted by Crippen LogP contribution is -2.08. The summed E-state index contributed by atoms with van der Waals surface area (Å²) in [6.45, 7) is 0.812. The minimum absolute atomic E-state index is 0.306. The number of hydrogen-bond donors (Lipinski definition) is 2. The number of benzene rings is 1. The molecule has 0 amide bonds. The second-order valence-corrected chi connectivity index (χ2v) is 4.38. The third-order valence-electron chi connectivity index (χ3n) is 3.09. The summed E-state index contributed by atoms with van der Waals surface area (Å²) < 4.78 is 13.8. The van der Waals surface area contributed by atoms with Crippen LogP contribution >= 0.6 is 0 Å². The molecule has 0 saturated heterocycles. The van der Waals surface area contributed by atoms with Gasteiger partial charge >= 0.3 is 0 Å². The van der Waals surface area contributed by atoms with Crippen LogP contribution in [0, 0.1) is 5.82 Å². The van der Waals surface area contributed by atoms with Crippen molar-refractivity contribution in [2.45, 2.75) is 6.42 Å². The van der Waals surface area contributed by atoms with Gasteiger partial charge in [-0.1, -0.05) is 18.2 Å². The Bertz CT molecular complexity index is 608. The summed E-state index contributed by atoms with van der Waals surface area (Å²) in [6, 6.07) is 11.6. The molecule has 0 fully saturated rings. The van der Waals surface area contributed by atoms with Gasteiger partial charge < -0.3 is 10.6 Å². The first-order valence-electron chi connectivity index (χ1n) is 6.23. The molecule has 2 heterocycles. The number of pyridine rings is 1. The van der Waals surface area contributed by atoms with Gasteiger partial charge in [0, 0.05) is 36.1 Å². The molecular weight excluding hydrogens is 241 g/mol. The fourth-order valence-electron chi connectivity index (χ4n) is 2.20. The highest BCUT2D eigenvalue weighted by atomic mass is 19.1. The average Bonchev–Trinajstić information content (AvgIpc) is 2.88. The topological polar surface area (TPSA) is 37.0 Å². The summed E-state index contributed by atoms with van der Waals surface area (Å²) >= 11 is 0. The van der Waals surface area contributed by atoms with Gasteiger partial charge in [-0.15, -0.1) is 0 Å². The van der Waals surface area contributed by atoms with Crippen LogP contribution in [0.3, 0.4) is 0 Å². The van der Waals surface area contributed by atoms with Gasteiger partial charge in [-0.25, -0.2) is 4.39 Å². The molecule has 0 spiro atoms. The molecule has 1 aromatic carbocycles. The Kier molecular flexibility index (Phi) is 3.14. The first-order valence-corrected chi connectivity index (χ1v) is 6.23. The first kappa shape index (κ1) is 11.7. The third kappa shape index (κ3) is 2.42. The Morgan fingerprint density at radius 2 is 2.00 bits per heavy atom. The Labute approximate surface area is 111 Å². The van der Waals surface area contributed by atoms with Crippen LogP contribution in [0.5, 0.6) is 0 Å². The van der Waals surface area contributed by atoms with E-state index < -0.39 is 0 Å². The number of rotatable bonds is 3. The van der Waals surface area contributed by atoms with E-state index in [0.717, 1.165) is 30.0 Å². The molecule has 96 valence electrons. The highest BCUT2D eigenvalue weighted by Crippen LogP contribution is 2.26. The summed E-state index contributed by atoms with van der Waals surface area (Å²) in [5.41, 5.74) is 3.40. The number of aromatic nitrogens is 1. The van der Waals surface area contributed by atoms with Gasteiger partial charge in [0.1, 0.15) is 0 Å². The number of anilines is 1. The molecule has 0 saturated carbocycles. The Balaban J connectivity index is 1.95. The molecule has 3 rings (SSSR count). The van der Waals surface area contributed by atoms with Gasteiger partial charge in [-0.05, 0) is 18.2 Å². The molecule has 0 aliphatic carbocycles. The van der Waals surface area contributed by atoms with Crippen molar-refractivity contribution in [3.63, 3.8) is 0 Å². The Morgan fingerprint density at radius 3 is 2.79 bits per heavy atom. The monoisotopic (exact) mass is 255 g/mol. The lowest BCUT2D eigenvalue weighted by molar-refractivity contribution is 0.616. The van der Waals surface area contributed by atoms with Crippen molar-refractivity contribution in [3.8, 4) is 0 Å². The van der Waals surface area contributed by atoms with Crippen LogP contribution in [0.25, 0.3) is 5.70 Å². The van der Waals surface area contributed by atoms with Crippen molar-refractivity contribution < 1.29 is 4.39 Å². The molecule has 2 N–H and O–H groups in total. The smallest absolute Gasteiger partial charge is 0.150 e. The minimum atomic E-state index is -0.306. The molecule has 0 bridgehead atoms. The van der Waals surface area contributed by atoms with Gasteiger partial charge in [-0.3, -0.25) is 4.98 Å². The molecule has 0 atom stereocenters. The number of nitrogens with zero attached hydrogens (tertiary/aromatic N) is 1. The standard InChI is InChI=1S/C15H14FN3/c16-13-10-17-8-6-12(13)15-14(7-9-18-15)19-11-4-2-1-3-5-11/h1-6,8,10,18-19H,7,9H2. The van der Waals surface area contributed by atoms with Crippen molar-refractivity contribution in [2.24, 2.45) is 0 Å². The minimum Gasteiger partial charge on any atom is -0.383 e. The van der Waals surface area contributed by atoms with Crippen LogP contribution < -0.4 is 10.6 Å². The molecule has 3 nitrogen and oxygen atoms in total. The molecular formula is C15H14FN3. The maximum absolute atomic E-state index is 13.8. The fraction of sp³-hybridized carbons (Fsp3) is 0.133. The summed E-state index contributed by atoms with van der Waals surface area (Å²) in [7, 11) is 0. The van der Waals surface area contributed by atoms with Crippen molar-refractivity contribution in [1.82, 2.24) is 10.3 Å². The van der Waals surface area contributed by atoms with E-state index in [0.29, 0.717) is 5.56 Å². The molecule has 1 aromatic heterocycles. The maximum atomic E-state index is 13.8. The highest BCUT2D eigenvalue weighted by Gasteiger charge is 2.18. The molecule has 0 radical (unpaired) electrons. The normalized spacial score (nSPS) is 14.4. The molecule has 1 aliphatic rings. The first-order chi connectivity index (χ1) is 9.34. The van der Waals surface area contributed by atoms with Crippen molar-refractivity contribution in [1.29, 1.82) is 0 Å². The van der Waals surface area contributed by atoms with Crippen LogP contribution in [-0.2, 0) is 0 Å². The highest BCUT2D eigenvalue weighted by molar-refractivity contribution is 5.72. The summed E-state index contributed by atoms with van der Waals surface area (Å²) in [5.74, 6) is -0.306. The van der Waals surface area contributed by atoms with E-state index >= 15 is 0 Å². The predicted octanol–water partition coefficient (Wildman–Crippen LogP) is 2.99. The van der Waals surface area contributed by atoms with Crippen molar-refractivity contribution in [3.05, 3.63) is 65.9 Å². The van der Waals surface area contributed by atoms with Crippen LogP contribution in [0.4, 0.5) is 10.1 Å². The van der Waals surface area contributed by atoms with Crippen LogP contribution in [0.1, 0.15) is 12.0 Å². The Morgan fingerprint density at radius 1 is 1.16 bits per heavy atom. The fourth-order valence-corrected chi connectivity index (χ4v) is 2.20. The van der Waals surface area contributed by atoms with E-state index in [1.54, 1.807) is 12.3 Å². The second-order valence-electron chi connectivity index (χ2n) is 4.38. The molecule has 19 heavy (non-hydrogen) atoms. The van der Waals surface area contributed by atoms with E-state index in [9.17, 15) is 4.39 Å². The summed E-state index contributed by atoms with van der Waals surface area (Å²) in [4.78, 5) is 3.78. The second kappa shape index (κ2) is 5.10. The maximum Gasteiger partial charge on any atom is 0.150 e. The lowest BCUT2D eigenvalue weighted by atomic mass is 10.1. The Hall–Kier alpha value is -2.36.